The van der Waals surface area contributed by atoms with Gasteiger partial charge < -0.3 is 5.32 Å². The number of thiazole rings is 1. The molecule has 0 bridgehead atoms. The fourth-order valence-corrected chi connectivity index (χ4v) is 3.60. The first-order valence-corrected chi connectivity index (χ1v) is 6.80. The summed E-state index contributed by atoms with van der Waals surface area (Å²) in [6.07, 6.45) is 2.38. The topological polar surface area (TPSA) is 24.9 Å². The van der Waals surface area contributed by atoms with Crippen LogP contribution >= 0.6 is 22.9 Å². The van der Waals surface area contributed by atoms with Crippen molar-refractivity contribution in [2.45, 2.75) is 18.8 Å². The van der Waals surface area contributed by atoms with Gasteiger partial charge in [0, 0.05) is 5.92 Å². The van der Waals surface area contributed by atoms with E-state index in [1.807, 2.05) is 18.2 Å². The van der Waals surface area contributed by atoms with E-state index in [1.54, 1.807) is 11.3 Å². The van der Waals surface area contributed by atoms with Gasteiger partial charge in [0.15, 0.2) is 0 Å². The third kappa shape index (κ3) is 1.83. The lowest BCUT2D eigenvalue weighted by Crippen LogP contribution is -2.26. The molecule has 1 aliphatic rings. The summed E-state index contributed by atoms with van der Waals surface area (Å²) in [6, 6.07) is 5.95. The Bertz CT molecular complexity index is 503. The second-order valence-corrected chi connectivity index (χ2v) is 5.60. The molecule has 0 radical (unpaired) electrons. The maximum absolute atomic E-state index is 6.17. The fraction of sp³-hybridized carbons (Fsp3) is 0.417. The molecule has 0 spiro atoms. The summed E-state index contributed by atoms with van der Waals surface area (Å²) in [7, 11) is 0. The van der Waals surface area contributed by atoms with Crippen molar-refractivity contribution in [2.75, 3.05) is 13.1 Å². The molecule has 1 N–H and O–H groups in total. The molecule has 0 amide bonds. The maximum atomic E-state index is 6.17. The molecule has 1 aromatic heterocycles. The lowest BCUT2D eigenvalue weighted by atomic mass is 9.99. The number of piperidine rings is 1. The molecule has 0 saturated carbocycles. The smallest absolute Gasteiger partial charge is 0.0971 e. The van der Waals surface area contributed by atoms with E-state index in [0.717, 1.165) is 28.3 Å². The highest BCUT2D eigenvalue weighted by Crippen LogP contribution is 2.35. The number of hydrogen-bond donors (Lipinski definition) is 1. The van der Waals surface area contributed by atoms with Gasteiger partial charge in [-0.3, -0.25) is 0 Å². The van der Waals surface area contributed by atoms with E-state index in [4.69, 9.17) is 16.6 Å². The van der Waals surface area contributed by atoms with Crippen molar-refractivity contribution in [3.63, 3.8) is 0 Å². The molecular formula is C12H13ClN2S. The first-order valence-electron chi connectivity index (χ1n) is 5.60. The molecular weight excluding hydrogens is 240 g/mol. The summed E-state index contributed by atoms with van der Waals surface area (Å²) in [4.78, 5) is 4.70. The average Bonchev–Trinajstić information content (AvgIpc) is 2.76. The monoisotopic (exact) mass is 252 g/mol. The first kappa shape index (κ1) is 10.5. The number of hydrogen-bond acceptors (Lipinski definition) is 3. The van der Waals surface area contributed by atoms with Crippen molar-refractivity contribution in [3.05, 3.63) is 28.2 Å². The zero-order valence-corrected chi connectivity index (χ0v) is 10.4. The van der Waals surface area contributed by atoms with Crippen LogP contribution in [-0.4, -0.2) is 18.1 Å². The summed E-state index contributed by atoms with van der Waals surface area (Å²) >= 11 is 7.93. The number of fused-ring (bicyclic) bond motifs is 1. The minimum absolute atomic E-state index is 0.620. The van der Waals surface area contributed by atoms with Crippen LogP contribution < -0.4 is 5.32 Å². The van der Waals surface area contributed by atoms with Gasteiger partial charge in [0.05, 0.1) is 20.2 Å². The summed E-state index contributed by atoms with van der Waals surface area (Å²) in [5, 5.41) is 5.46. The van der Waals surface area contributed by atoms with E-state index in [9.17, 15) is 0 Å². The van der Waals surface area contributed by atoms with Crippen LogP contribution in [0.1, 0.15) is 23.8 Å². The Kier molecular flexibility index (Phi) is 2.84. The molecule has 3 rings (SSSR count). The molecule has 1 aromatic carbocycles. The van der Waals surface area contributed by atoms with Crippen LogP contribution in [0.4, 0.5) is 0 Å². The number of nitrogens with one attached hydrogen (secondary N) is 1. The Labute approximate surface area is 104 Å². The van der Waals surface area contributed by atoms with Crippen molar-refractivity contribution in [2.24, 2.45) is 0 Å². The standard InChI is InChI=1S/C12H13ClN2S/c13-9-2-1-3-10-11(9)16-12(15-10)8-4-6-14-7-5-8/h1-3,8,14H,4-7H2. The molecule has 1 aliphatic heterocycles. The molecule has 1 fully saturated rings. The Morgan fingerprint density at radius 1 is 1.31 bits per heavy atom. The predicted molar refractivity (Wildman–Crippen MR) is 69.5 cm³/mol. The number of aromatic nitrogens is 1. The van der Waals surface area contributed by atoms with Gasteiger partial charge in [0.1, 0.15) is 0 Å². The second kappa shape index (κ2) is 4.32. The predicted octanol–water partition coefficient (Wildman–Crippen LogP) is 3.42. The van der Waals surface area contributed by atoms with Crippen molar-refractivity contribution >= 4 is 33.2 Å². The van der Waals surface area contributed by atoms with Gasteiger partial charge in [0.2, 0.25) is 0 Å². The molecule has 0 atom stereocenters. The van der Waals surface area contributed by atoms with Gasteiger partial charge in [0.25, 0.3) is 0 Å². The van der Waals surface area contributed by atoms with Gasteiger partial charge in [-0.1, -0.05) is 17.7 Å². The Hall–Kier alpha value is -0.640. The first-order chi connectivity index (χ1) is 7.84. The number of halogens is 1. The molecule has 2 nitrogen and oxygen atoms in total. The summed E-state index contributed by atoms with van der Waals surface area (Å²) in [5.41, 5.74) is 1.05. The molecule has 84 valence electrons. The van der Waals surface area contributed by atoms with E-state index in [-0.39, 0.29) is 0 Å². The highest BCUT2D eigenvalue weighted by atomic mass is 35.5. The highest BCUT2D eigenvalue weighted by molar-refractivity contribution is 7.19. The van der Waals surface area contributed by atoms with E-state index in [0.29, 0.717) is 5.92 Å². The minimum Gasteiger partial charge on any atom is -0.317 e. The van der Waals surface area contributed by atoms with Crippen LogP contribution in [0.5, 0.6) is 0 Å². The van der Waals surface area contributed by atoms with Gasteiger partial charge in [-0.25, -0.2) is 4.98 Å². The van der Waals surface area contributed by atoms with Crippen molar-refractivity contribution in [1.82, 2.24) is 10.3 Å². The van der Waals surface area contributed by atoms with Gasteiger partial charge >= 0.3 is 0 Å². The summed E-state index contributed by atoms with van der Waals surface area (Å²) < 4.78 is 1.14. The average molecular weight is 253 g/mol. The van der Waals surface area contributed by atoms with Crippen LogP contribution in [-0.2, 0) is 0 Å². The van der Waals surface area contributed by atoms with E-state index in [1.165, 1.54) is 17.8 Å². The van der Waals surface area contributed by atoms with Crippen LogP contribution in [0.2, 0.25) is 5.02 Å². The lowest BCUT2D eigenvalue weighted by Gasteiger charge is -2.20. The Balaban J connectivity index is 2.01. The number of nitrogens with zero attached hydrogens (tertiary/aromatic N) is 1. The third-order valence-electron chi connectivity index (χ3n) is 3.07. The number of benzene rings is 1. The van der Waals surface area contributed by atoms with Crippen molar-refractivity contribution < 1.29 is 0 Å². The van der Waals surface area contributed by atoms with Crippen LogP contribution in [0.25, 0.3) is 10.2 Å². The Morgan fingerprint density at radius 2 is 2.12 bits per heavy atom. The lowest BCUT2D eigenvalue weighted by molar-refractivity contribution is 0.459. The van der Waals surface area contributed by atoms with Crippen LogP contribution in [0.15, 0.2) is 18.2 Å². The molecule has 0 unspecified atom stereocenters. The molecule has 2 heterocycles. The van der Waals surface area contributed by atoms with E-state index < -0.39 is 0 Å². The normalized spacial score (nSPS) is 18.1. The SMILES string of the molecule is Clc1cccc2nc(C3CCNCC3)sc12. The molecule has 0 aliphatic carbocycles. The molecule has 2 aromatic rings. The van der Waals surface area contributed by atoms with E-state index in [2.05, 4.69) is 5.32 Å². The molecule has 16 heavy (non-hydrogen) atoms. The van der Waals surface area contributed by atoms with Gasteiger partial charge in [-0.2, -0.15) is 0 Å². The molecule has 4 heteroatoms. The largest absolute Gasteiger partial charge is 0.317 e. The van der Waals surface area contributed by atoms with Crippen molar-refractivity contribution in [1.29, 1.82) is 0 Å². The highest BCUT2D eigenvalue weighted by Gasteiger charge is 2.19. The zero-order chi connectivity index (χ0) is 11.0. The Morgan fingerprint density at radius 3 is 2.88 bits per heavy atom. The van der Waals surface area contributed by atoms with Crippen LogP contribution in [0.3, 0.4) is 0 Å². The minimum atomic E-state index is 0.620. The van der Waals surface area contributed by atoms with Gasteiger partial charge in [-0.05, 0) is 38.1 Å². The third-order valence-corrected chi connectivity index (χ3v) is 4.77. The van der Waals surface area contributed by atoms with Crippen molar-refractivity contribution in [3.8, 4) is 0 Å². The van der Waals surface area contributed by atoms with E-state index >= 15 is 0 Å². The maximum Gasteiger partial charge on any atom is 0.0971 e. The second-order valence-electron chi connectivity index (χ2n) is 4.16. The van der Waals surface area contributed by atoms with Crippen LogP contribution in [0, 0.1) is 0 Å². The summed E-state index contributed by atoms with van der Waals surface area (Å²) in [6.45, 7) is 2.21. The van der Waals surface area contributed by atoms with Gasteiger partial charge in [-0.15, -0.1) is 11.3 Å². The zero-order valence-electron chi connectivity index (χ0n) is 8.87. The summed E-state index contributed by atoms with van der Waals surface area (Å²) in [5.74, 6) is 0.620. The molecule has 1 saturated heterocycles. The fourth-order valence-electron chi connectivity index (χ4n) is 2.18. The quantitative estimate of drug-likeness (QED) is 0.841. The number of rotatable bonds is 1.